The number of aromatic nitrogens is 4. The molecule has 4 heterocycles. The van der Waals surface area contributed by atoms with E-state index in [1.54, 1.807) is 11.1 Å². The predicted molar refractivity (Wildman–Crippen MR) is 126 cm³/mol. The van der Waals surface area contributed by atoms with Crippen molar-refractivity contribution in [2.24, 2.45) is 0 Å². The Balaban J connectivity index is 1.49. The molecule has 0 spiro atoms. The molecule has 2 amide bonds. The number of carbonyl (C=O) groups excluding carboxylic acids is 2. The molecule has 1 fully saturated rings. The van der Waals surface area contributed by atoms with Crippen molar-refractivity contribution >= 4 is 29.3 Å². The third-order valence-electron chi connectivity index (χ3n) is 5.98. The number of amides is 2. The van der Waals surface area contributed by atoms with E-state index in [0.717, 1.165) is 19.4 Å². The van der Waals surface area contributed by atoms with Crippen molar-refractivity contribution in [2.75, 3.05) is 41.3 Å². The van der Waals surface area contributed by atoms with E-state index < -0.39 is 5.91 Å². The van der Waals surface area contributed by atoms with Crippen LogP contribution in [0, 0.1) is 0 Å². The van der Waals surface area contributed by atoms with E-state index in [1.165, 1.54) is 0 Å². The molecule has 0 aliphatic carbocycles. The van der Waals surface area contributed by atoms with Gasteiger partial charge in [-0.15, -0.1) is 10.2 Å². The Labute approximate surface area is 196 Å². The fourth-order valence-electron chi connectivity index (χ4n) is 4.43. The van der Waals surface area contributed by atoms with Gasteiger partial charge >= 0.3 is 11.8 Å². The van der Waals surface area contributed by atoms with Gasteiger partial charge in [0, 0.05) is 49.7 Å². The Bertz CT molecular complexity index is 1230. The van der Waals surface area contributed by atoms with Crippen LogP contribution in [0.4, 0.5) is 17.5 Å². The monoisotopic (exact) mass is 462 g/mol. The average Bonchev–Trinajstić information content (AvgIpc) is 3.51. The summed E-state index contributed by atoms with van der Waals surface area (Å²) in [4.78, 5) is 38.6. The number of benzene rings is 1. The Morgan fingerprint density at radius 3 is 2.94 bits per heavy atom. The number of hydrogen-bond acceptors (Lipinski definition) is 9. The molecule has 5 rings (SSSR count). The first-order valence-corrected chi connectivity index (χ1v) is 11.5. The molecular formula is C23H26N8O3. The molecule has 0 saturated carbocycles. The maximum Gasteiger partial charge on any atom is 0.308 e. The molecular weight excluding hydrogens is 436 g/mol. The molecule has 0 bridgehead atoms. The van der Waals surface area contributed by atoms with Crippen molar-refractivity contribution < 1.29 is 14.0 Å². The van der Waals surface area contributed by atoms with Crippen LogP contribution in [-0.4, -0.2) is 64.2 Å². The average molecular weight is 463 g/mol. The summed E-state index contributed by atoms with van der Waals surface area (Å²) in [5.41, 5.74) is 1.81. The van der Waals surface area contributed by atoms with E-state index in [-0.39, 0.29) is 23.7 Å². The molecule has 1 saturated heterocycles. The van der Waals surface area contributed by atoms with Crippen LogP contribution in [0.15, 0.2) is 34.9 Å². The van der Waals surface area contributed by atoms with Gasteiger partial charge in [-0.2, -0.15) is 4.98 Å². The topological polar surface area (TPSA) is 129 Å². The highest BCUT2D eigenvalue weighted by Crippen LogP contribution is 2.35. The van der Waals surface area contributed by atoms with Gasteiger partial charge in [0.1, 0.15) is 11.4 Å². The second kappa shape index (κ2) is 9.08. The van der Waals surface area contributed by atoms with Gasteiger partial charge in [0.15, 0.2) is 0 Å². The van der Waals surface area contributed by atoms with Crippen LogP contribution in [0.2, 0.25) is 0 Å². The lowest BCUT2D eigenvalue weighted by atomic mass is 10.1. The van der Waals surface area contributed by atoms with Crippen molar-refractivity contribution in [1.29, 1.82) is 0 Å². The maximum absolute atomic E-state index is 13.6. The quantitative estimate of drug-likeness (QED) is 0.567. The molecule has 2 aromatic heterocycles. The molecule has 11 nitrogen and oxygen atoms in total. The minimum Gasteiger partial charge on any atom is -0.412 e. The Morgan fingerprint density at radius 2 is 2.12 bits per heavy atom. The van der Waals surface area contributed by atoms with Crippen molar-refractivity contribution in [1.82, 2.24) is 25.5 Å². The molecule has 1 aromatic carbocycles. The van der Waals surface area contributed by atoms with Gasteiger partial charge in [0.2, 0.25) is 11.8 Å². The summed E-state index contributed by atoms with van der Waals surface area (Å²) in [6.45, 7) is 6.34. The van der Waals surface area contributed by atoms with Gasteiger partial charge in [0.25, 0.3) is 5.91 Å². The maximum atomic E-state index is 13.6. The molecule has 1 atom stereocenters. The zero-order valence-electron chi connectivity index (χ0n) is 19.1. The van der Waals surface area contributed by atoms with E-state index in [1.807, 2.05) is 38.1 Å². The van der Waals surface area contributed by atoms with Crippen molar-refractivity contribution in [3.8, 4) is 11.5 Å². The largest absolute Gasteiger partial charge is 0.412 e. The van der Waals surface area contributed by atoms with E-state index in [4.69, 9.17) is 4.42 Å². The lowest BCUT2D eigenvalue weighted by molar-refractivity contribution is 0.0921. The normalized spacial score (nSPS) is 17.2. The second-order valence-corrected chi connectivity index (χ2v) is 8.19. The van der Waals surface area contributed by atoms with Gasteiger partial charge in [-0.05, 0) is 44.9 Å². The van der Waals surface area contributed by atoms with E-state index >= 15 is 0 Å². The molecule has 3 aromatic rings. The molecule has 2 aliphatic rings. The minimum atomic E-state index is -0.421. The van der Waals surface area contributed by atoms with Crippen LogP contribution in [-0.2, 0) is 0 Å². The van der Waals surface area contributed by atoms with Crippen LogP contribution >= 0.6 is 0 Å². The number of nitrogens with one attached hydrogen (secondary N) is 2. The molecule has 2 N–H and O–H groups in total. The number of nitrogens with zero attached hydrogens (tertiary/aromatic N) is 6. The smallest absolute Gasteiger partial charge is 0.308 e. The Morgan fingerprint density at radius 1 is 1.24 bits per heavy atom. The van der Waals surface area contributed by atoms with Gasteiger partial charge < -0.3 is 24.9 Å². The van der Waals surface area contributed by atoms with Crippen molar-refractivity contribution in [3.63, 3.8) is 0 Å². The predicted octanol–water partition coefficient (Wildman–Crippen LogP) is 2.34. The van der Waals surface area contributed by atoms with Crippen LogP contribution < -0.4 is 20.4 Å². The summed E-state index contributed by atoms with van der Waals surface area (Å²) in [5, 5.41) is 13.6. The summed E-state index contributed by atoms with van der Waals surface area (Å²) in [5.74, 6) is 0.743. The van der Waals surface area contributed by atoms with E-state index in [0.29, 0.717) is 48.2 Å². The Kier molecular flexibility index (Phi) is 5.83. The fourth-order valence-corrected chi connectivity index (χ4v) is 4.43. The molecule has 2 aliphatic heterocycles. The SMILES string of the molecule is CCNC(=O)c1nnc(-c2cccc(N3CC4CCCN4c4nc(NCC)ncc4C3=O)c2)o1. The standard InChI is InChI=1S/C23H26N8O3/c1-3-24-19(32)21-29-28-20(34-21)14-7-5-8-15(11-14)31-13-16-9-6-10-30(16)18-17(22(31)33)12-26-23(27-18)25-4-2/h5,7-8,11-12,16H,3-4,6,9-10,13H2,1-2H3,(H,24,32)(H,25,26,27). The first kappa shape index (κ1) is 21.8. The van der Waals surface area contributed by atoms with Crippen LogP contribution in [0.1, 0.15) is 47.7 Å². The lowest BCUT2D eigenvalue weighted by Gasteiger charge is -2.27. The Hall–Kier alpha value is -4.02. The minimum absolute atomic E-state index is 0.0998. The van der Waals surface area contributed by atoms with E-state index in [2.05, 4.69) is 35.7 Å². The van der Waals surface area contributed by atoms with Gasteiger partial charge in [0.05, 0.1) is 0 Å². The highest BCUT2D eigenvalue weighted by atomic mass is 16.4. The molecule has 1 unspecified atom stereocenters. The van der Waals surface area contributed by atoms with Crippen LogP contribution in [0.3, 0.4) is 0 Å². The molecule has 0 radical (unpaired) electrons. The van der Waals surface area contributed by atoms with Gasteiger partial charge in [-0.25, -0.2) is 4.98 Å². The highest BCUT2D eigenvalue weighted by Gasteiger charge is 2.37. The third-order valence-corrected chi connectivity index (χ3v) is 5.98. The van der Waals surface area contributed by atoms with Crippen molar-refractivity contribution in [2.45, 2.75) is 32.7 Å². The van der Waals surface area contributed by atoms with E-state index in [9.17, 15) is 9.59 Å². The highest BCUT2D eigenvalue weighted by molar-refractivity contribution is 6.10. The first-order chi connectivity index (χ1) is 16.6. The number of carbonyl (C=O) groups is 2. The lowest BCUT2D eigenvalue weighted by Crippen LogP contribution is -2.39. The first-order valence-electron chi connectivity index (χ1n) is 11.5. The van der Waals surface area contributed by atoms with Gasteiger partial charge in [-0.1, -0.05) is 6.07 Å². The van der Waals surface area contributed by atoms with Crippen molar-refractivity contribution in [3.05, 3.63) is 41.9 Å². The zero-order valence-corrected chi connectivity index (χ0v) is 19.1. The summed E-state index contributed by atoms with van der Waals surface area (Å²) in [6, 6.07) is 7.50. The number of hydrogen-bond donors (Lipinski definition) is 2. The molecule has 176 valence electrons. The summed E-state index contributed by atoms with van der Waals surface area (Å²) in [6.07, 6.45) is 3.62. The van der Waals surface area contributed by atoms with Gasteiger partial charge in [-0.3, -0.25) is 9.59 Å². The summed E-state index contributed by atoms with van der Waals surface area (Å²) in [7, 11) is 0. The zero-order chi connectivity index (χ0) is 23.7. The number of fused-ring (bicyclic) bond motifs is 3. The third kappa shape index (κ3) is 3.93. The van der Waals surface area contributed by atoms with Crippen LogP contribution in [0.25, 0.3) is 11.5 Å². The summed E-state index contributed by atoms with van der Waals surface area (Å²) < 4.78 is 5.57. The fraction of sp³-hybridized carbons (Fsp3) is 0.391. The second-order valence-electron chi connectivity index (χ2n) is 8.19. The number of rotatable bonds is 6. The molecule has 34 heavy (non-hydrogen) atoms. The summed E-state index contributed by atoms with van der Waals surface area (Å²) >= 11 is 0. The molecule has 11 heteroatoms. The van der Waals surface area contributed by atoms with Crippen LogP contribution in [0.5, 0.6) is 0 Å². The number of anilines is 3.